The lowest BCUT2D eigenvalue weighted by molar-refractivity contribution is -0.146. The van der Waals surface area contributed by atoms with Crippen LogP contribution >= 0.6 is 0 Å². The highest BCUT2D eigenvalue weighted by molar-refractivity contribution is 5.75. The lowest BCUT2D eigenvalue weighted by Crippen LogP contribution is -2.40. The van der Waals surface area contributed by atoms with E-state index in [0.717, 1.165) is 18.6 Å². The van der Waals surface area contributed by atoms with Gasteiger partial charge in [-0.15, -0.1) is 0 Å². The molecule has 1 fully saturated rings. The van der Waals surface area contributed by atoms with Crippen LogP contribution in [0.5, 0.6) is 5.75 Å². The van der Waals surface area contributed by atoms with Gasteiger partial charge in [0.2, 0.25) is 0 Å². The molecule has 0 aromatic heterocycles. The van der Waals surface area contributed by atoms with Crippen LogP contribution in [0, 0.1) is 13.8 Å². The summed E-state index contributed by atoms with van der Waals surface area (Å²) < 4.78 is 10.9. The molecule has 1 aliphatic rings. The molecule has 21 heavy (non-hydrogen) atoms. The summed E-state index contributed by atoms with van der Waals surface area (Å²) in [6.45, 7) is 6.90. The summed E-state index contributed by atoms with van der Waals surface area (Å²) in [6, 6.07) is 6.26. The number of esters is 1. The molecule has 1 aromatic rings. The summed E-state index contributed by atoms with van der Waals surface area (Å²) in [7, 11) is 0. The van der Waals surface area contributed by atoms with Crippen LogP contribution in [0.25, 0.3) is 0 Å². The molecule has 0 bridgehead atoms. The molecule has 0 amide bonds. The standard InChI is InChI=1S/C17H25NO3/c1-4-20-17(19)16(18-14-6-7-14)9-10-21-15-8-5-12(2)13(3)11-15/h5,8,11,14,16,18H,4,6-7,9-10H2,1-3H3. The Balaban J connectivity index is 1.82. The van der Waals surface area contributed by atoms with Crippen molar-refractivity contribution in [2.24, 2.45) is 0 Å². The van der Waals surface area contributed by atoms with Crippen LogP contribution in [0.2, 0.25) is 0 Å². The largest absolute Gasteiger partial charge is 0.494 e. The van der Waals surface area contributed by atoms with Crippen molar-refractivity contribution < 1.29 is 14.3 Å². The molecule has 116 valence electrons. The first kappa shape index (κ1) is 15.8. The predicted molar refractivity (Wildman–Crippen MR) is 82.6 cm³/mol. The van der Waals surface area contributed by atoms with Crippen LogP contribution < -0.4 is 10.1 Å². The molecule has 1 aliphatic carbocycles. The quantitative estimate of drug-likeness (QED) is 0.748. The molecular formula is C17H25NO3. The van der Waals surface area contributed by atoms with Gasteiger partial charge in [0.25, 0.3) is 0 Å². The van der Waals surface area contributed by atoms with Crippen molar-refractivity contribution in [1.29, 1.82) is 0 Å². The molecule has 4 nitrogen and oxygen atoms in total. The Morgan fingerprint density at radius 3 is 2.71 bits per heavy atom. The normalized spacial score (nSPS) is 15.6. The Hall–Kier alpha value is -1.55. The topological polar surface area (TPSA) is 47.6 Å². The molecule has 1 unspecified atom stereocenters. The highest BCUT2D eigenvalue weighted by Gasteiger charge is 2.29. The van der Waals surface area contributed by atoms with Gasteiger partial charge in [0.05, 0.1) is 13.2 Å². The first-order valence-corrected chi connectivity index (χ1v) is 7.73. The van der Waals surface area contributed by atoms with Gasteiger partial charge < -0.3 is 14.8 Å². The van der Waals surface area contributed by atoms with Crippen molar-refractivity contribution >= 4 is 5.97 Å². The van der Waals surface area contributed by atoms with Gasteiger partial charge in [-0.3, -0.25) is 4.79 Å². The highest BCUT2D eigenvalue weighted by atomic mass is 16.5. The monoisotopic (exact) mass is 291 g/mol. The van der Waals surface area contributed by atoms with Gasteiger partial charge in [0.1, 0.15) is 11.8 Å². The zero-order valence-electron chi connectivity index (χ0n) is 13.1. The summed E-state index contributed by atoms with van der Waals surface area (Å²) in [5.74, 6) is 0.681. The van der Waals surface area contributed by atoms with Crippen LogP contribution in [-0.2, 0) is 9.53 Å². The van der Waals surface area contributed by atoms with Crippen LogP contribution in [0.4, 0.5) is 0 Å². The van der Waals surface area contributed by atoms with Crippen LogP contribution in [-0.4, -0.2) is 31.3 Å². The summed E-state index contributed by atoms with van der Waals surface area (Å²) >= 11 is 0. The summed E-state index contributed by atoms with van der Waals surface area (Å²) in [5.41, 5.74) is 2.47. The van der Waals surface area contributed by atoms with E-state index in [2.05, 4.69) is 25.2 Å². The van der Waals surface area contributed by atoms with E-state index in [1.165, 1.54) is 11.1 Å². The number of carbonyl (C=O) groups excluding carboxylic acids is 1. The second-order valence-electron chi connectivity index (χ2n) is 5.63. The molecular weight excluding hydrogens is 266 g/mol. The molecule has 0 heterocycles. The van der Waals surface area contributed by atoms with Gasteiger partial charge >= 0.3 is 5.97 Å². The Bertz CT molecular complexity index is 483. The van der Waals surface area contributed by atoms with E-state index in [4.69, 9.17) is 9.47 Å². The van der Waals surface area contributed by atoms with Crippen LogP contribution in [0.1, 0.15) is 37.3 Å². The van der Waals surface area contributed by atoms with Gasteiger partial charge in [0, 0.05) is 12.5 Å². The van der Waals surface area contributed by atoms with Crippen LogP contribution in [0.15, 0.2) is 18.2 Å². The lowest BCUT2D eigenvalue weighted by atomic mass is 10.1. The molecule has 1 N–H and O–H groups in total. The van der Waals surface area contributed by atoms with E-state index in [-0.39, 0.29) is 12.0 Å². The van der Waals surface area contributed by atoms with Crippen molar-refractivity contribution in [3.05, 3.63) is 29.3 Å². The van der Waals surface area contributed by atoms with Gasteiger partial charge in [-0.25, -0.2) is 0 Å². The smallest absolute Gasteiger partial charge is 0.323 e. The minimum absolute atomic E-state index is 0.173. The van der Waals surface area contributed by atoms with E-state index in [9.17, 15) is 4.79 Å². The molecule has 0 radical (unpaired) electrons. The van der Waals surface area contributed by atoms with Gasteiger partial charge in [-0.1, -0.05) is 6.07 Å². The lowest BCUT2D eigenvalue weighted by Gasteiger charge is -2.17. The number of nitrogens with one attached hydrogen (secondary N) is 1. The number of rotatable bonds is 8. The summed E-state index contributed by atoms with van der Waals surface area (Å²) in [4.78, 5) is 11.9. The maximum Gasteiger partial charge on any atom is 0.323 e. The zero-order valence-corrected chi connectivity index (χ0v) is 13.1. The van der Waals surface area contributed by atoms with Gasteiger partial charge in [0.15, 0.2) is 0 Å². The van der Waals surface area contributed by atoms with E-state index < -0.39 is 0 Å². The molecule has 0 spiro atoms. The molecule has 0 aliphatic heterocycles. The van der Waals surface area contributed by atoms with E-state index in [1.807, 2.05) is 19.1 Å². The Kier molecular flexibility index (Phi) is 5.62. The highest BCUT2D eigenvalue weighted by Crippen LogP contribution is 2.21. The molecule has 1 saturated carbocycles. The summed E-state index contributed by atoms with van der Waals surface area (Å²) in [6.07, 6.45) is 2.92. The van der Waals surface area contributed by atoms with Crippen molar-refractivity contribution in [2.75, 3.05) is 13.2 Å². The molecule has 1 aromatic carbocycles. The van der Waals surface area contributed by atoms with Crippen molar-refractivity contribution in [1.82, 2.24) is 5.32 Å². The fraction of sp³-hybridized carbons (Fsp3) is 0.588. The van der Waals surface area contributed by atoms with E-state index >= 15 is 0 Å². The number of ether oxygens (including phenoxy) is 2. The third-order valence-corrected chi connectivity index (χ3v) is 3.74. The second kappa shape index (κ2) is 7.46. The van der Waals surface area contributed by atoms with E-state index in [1.54, 1.807) is 0 Å². The summed E-state index contributed by atoms with van der Waals surface area (Å²) in [5, 5.41) is 3.33. The maximum absolute atomic E-state index is 11.9. The average molecular weight is 291 g/mol. The Morgan fingerprint density at radius 2 is 2.10 bits per heavy atom. The maximum atomic E-state index is 11.9. The second-order valence-corrected chi connectivity index (χ2v) is 5.63. The number of benzene rings is 1. The van der Waals surface area contributed by atoms with Crippen molar-refractivity contribution in [3.63, 3.8) is 0 Å². The number of aryl methyl sites for hydroxylation is 2. The molecule has 1 atom stereocenters. The Morgan fingerprint density at radius 1 is 1.33 bits per heavy atom. The fourth-order valence-corrected chi connectivity index (χ4v) is 2.14. The van der Waals surface area contributed by atoms with Gasteiger partial charge in [-0.2, -0.15) is 0 Å². The minimum Gasteiger partial charge on any atom is -0.494 e. The molecule has 0 saturated heterocycles. The first-order chi connectivity index (χ1) is 10.1. The zero-order chi connectivity index (χ0) is 15.2. The first-order valence-electron chi connectivity index (χ1n) is 7.73. The van der Waals surface area contributed by atoms with Crippen LogP contribution in [0.3, 0.4) is 0 Å². The molecule has 4 heteroatoms. The third-order valence-electron chi connectivity index (χ3n) is 3.74. The fourth-order valence-electron chi connectivity index (χ4n) is 2.14. The Labute approximate surface area is 126 Å². The van der Waals surface area contributed by atoms with Gasteiger partial charge in [-0.05, 0) is 56.9 Å². The SMILES string of the molecule is CCOC(=O)C(CCOc1ccc(C)c(C)c1)NC1CC1. The van der Waals surface area contributed by atoms with Crippen molar-refractivity contribution in [2.45, 2.75) is 52.1 Å². The third kappa shape index (κ3) is 5.05. The number of hydrogen-bond acceptors (Lipinski definition) is 4. The number of carbonyl (C=O) groups is 1. The number of hydrogen-bond donors (Lipinski definition) is 1. The molecule has 2 rings (SSSR count). The predicted octanol–water partition coefficient (Wildman–Crippen LogP) is 2.76. The average Bonchev–Trinajstić information content (AvgIpc) is 3.26. The minimum atomic E-state index is -0.260. The van der Waals surface area contributed by atoms with E-state index in [0.29, 0.717) is 25.7 Å². The van der Waals surface area contributed by atoms with Crippen molar-refractivity contribution in [3.8, 4) is 5.75 Å².